The zero-order valence-corrected chi connectivity index (χ0v) is 28.6. The van der Waals surface area contributed by atoms with Crippen molar-refractivity contribution < 1.29 is 0 Å². The minimum absolute atomic E-state index is 0.986. The van der Waals surface area contributed by atoms with Crippen LogP contribution in [0.1, 0.15) is 22.3 Å². The summed E-state index contributed by atoms with van der Waals surface area (Å²) in [6.45, 7) is 4.31. The first kappa shape index (κ1) is 30.4. The second-order valence-electron chi connectivity index (χ2n) is 13.1. The molecule has 0 saturated heterocycles. The Morgan fingerprint density at radius 2 is 1.00 bits per heavy atom. The fraction of sp³-hybridized carbons (Fsp3) is 0.0408. The molecule has 0 bridgehead atoms. The van der Waals surface area contributed by atoms with Gasteiger partial charge in [0.15, 0.2) is 0 Å². The van der Waals surface area contributed by atoms with Crippen LogP contribution in [0, 0.1) is 25.7 Å². The number of aryl methyl sites for hydroxylation is 2. The van der Waals surface area contributed by atoms with Crippen LogP contribution in [0.25, 0.3) is 71.8 Å². The summed E-state index contributed by atoms with van der Waals surface area (Å²) in [5.41, 5.74) is 15.7. The lowest BCUT2D eigenvalue weighted by atomic mass is 9.94. The van der Waals surface area contributed by atoms with Gasteiger partial charge in [-0.2, -0.15) is 0 Å². The quantitative estimate of drug-likeness (QED) is 0.173. The van der Waals surface area contributed by atoms with Gasteiger partial charge in [0.2, 0.25) is 0 Å². The Labute approximate surface area is 298 Å². The molecule has 0 aliphatic rings. The summed E-state index contributed by atoms with van der Waals surface area (Å²) in [4.78, 5) is 4.77. The Morgan fingerprint density at radius 1 is 0.451 bits per heavy atom. The van der Waals surface area contributed by atoms with E-state index in [0.29, 0.717) is 0 Å². The van der Waals surface area contributed by atoms with Gasteiger partial charge in [0.1, 0.15) is 0 Å². The van der Waals surface area contributed by atoms with Crippen molar-refractivity contribution in [3.63, 3.8) is 0 Å². The molecule has 2 nitrogen and oxygen atoms in total. The van der Waals surface area contributed by atoms with Crippen molar-refractivity contribution in [3.05, 3.63) is 192 Å². The van der Waals surface area contributed by atoms with Crippen LogP contribution in [0.15, 0.2) is 170 Å². The molecule has 2 heterocycles. The van der Waals surface area contributed by atoms with Gasteiger partial charge in [0.05, 0.1) is 27.8 Å². The van der Waals surface area contributed by atoms with E-state index < -0.39 is 0 Å². The lowest BCUT2D eigenvalue weighted by Crippen LogP contribution is -2.00. The fourth-order valence-corrected chi connectivity index (χ4v) is 7.41. The summed E-state index contributed by atoms with van der Waals surface area (Å²) in [6, 6.07) is 58.4. The largest absolute Gasteiger partial charge is 0.308 e. The van der Waals surface area contributed by atoms with E-state index in [1.54, 1.807) is 0 Å². The molecule has 0 radical (unpaired) electrons. The maximum absolute atomic E-state index is 4.77. The molecule has 2 heteroatoms. The van der Waals surface area contributed by atoms with Gasteiger partial charge in [-0.05, 0) is 89.2 Å². The highest BCUT2D eigenvalue weighted by atomic mass is 15.0. The van der Waals surface area contributed by atoms with Crippen LogP contribution in [0.5, 0.6) is 0 Å². The van der Waals surface area contributed by atoms with E-state index in [9.17, 15) is 0 Å². The lowest BCUT2D eigenvalue weighted by Gasteiger charge is -2.13. The first-order valence-corrected chi connectivity index (χ1v) is 17.4. The van der Waals surface area contributed by atoms with Crippen LogP contribution in [0.4, 0.5) is 0 Å². The fourth-order valence-electron chi connectivity index (χ4n) is 7.41. The Bertz CT molecular complexity index is 2710. The maximum atomic E-state index is 4.77. The standard InChI is InChI=1S/C49H34N2/c1-33-13-9-21-42(43-22-11-19-37-20-12-30-50-49(37)43)40(33)26-27-41-34(2)14-10-23-46(41)51-47-28-24-38(35-15-5-3-6-16-35)31-44(47)45-32-39(25-29-48(45)51)36-17-7-4-8-18-36/h3-25,28-32H,1-2H3. The second kappa shape index (κ2) is 12.6. The molecule has 0 aliphatic heterocycles. The van der Waals surface area contributed by atoms with Gasteiger partial charge >= 0.3 is 0 Å². The monoisotopic (exact) mass is 650 g/mol. The molecule has 0 saturated carbocycles. The van der Waals surface area contributed by atoms with E-state index in [0.717, 1.165) is 61.0 Å². The molecule has 240 valence electrons. The predicted molar refractivity (Wildman–Crippen MR) is 214 cm³/mol. The molecule has 51 heavy (non-hydrogen) atoms. The van der Waals surface area contributed by atoms with Crippen molar-refractivity contribution in [1.82, 2.24) is 9.55 Å². The van der Waals surface area contributed by atoms with Crippen molar-refractivity contribution in [2.24, 2.45) is 0 Å². The Morgan fingerprint density at radius 3 is 1.67 bits per heavy atom. The van der Waals surface area contributed by atoms with Crippen molar-refractivity contribution in [3.8, 4) is 50.9 Å². The number of nitrogens with zero attached hydrogens (tertiary/aromatic N) is 2. The summed E-state index contributed by atoms with van der Waals surface area (Å²) in [6.07, 6.45) is 1.87. The first-order valence-electron chi connectivity index (χ1n) is 17.4. The average Bonchev–Trinajstić information content (AvgIpc) is 3.51. The molecule has 0 N–H and O–H groups in total. The van der Waals surface area contributed by atoms with Gasteiger partial charge in [-0.1, -0.05) is 139 Å². The van der Waals surface area contributed by atoms with E-state index in [1.165, 1.54) is 33.0 Å². The smallest absolute Gasteiger partial charge is 0.0780 e. The molecule has 7 aromatic carbocycles. The molecule has 2 aromatic heterocycles. The number of fused-ring (bicyclic) bond motifs is 4. The van der Waals surface area contributed by atoms with Crippen molar-refractivity contribution >= 4 is 32.7 Å². The number of hydrogen-bond acceptors (Lipinski definition) is 1. The Kier molecular flexibility index (Phi) is 7.53. The number of para-hydroxylation sites is 1. The summed E-state index contributed by atoms with van der Waals surface area (Å²) < 4.78 is 2.40. The van der Waals surface area contributed by atoms with Gasteiger partial charge in [0, 0.05) is 33.5 Å². The van der Waals surface area contributed by atoms with E-state index in [4.69, 9.17) is 4.98 Å². The van der Waals surface area contributed by atoms with Gasteiger partial charge in [0.25, 0.3) is 0 Å². The van der Waals surface area contributed by atoms with Crippen LogP contribution in [-0.4, -0.2) is 9.55 Å². The molecular weight excluding hydrogens is 617 g/mol. The summed E-state index contributed by atoms with van der Waals surface area (Å²) in [5, 5.41) is 3.55. The highest BCUT2D eigenvalue weighted by molar-refractivity contribution is 6.12. The number of benzene rings is 7. The van der Waals surface area contributed by atoms with Crippen LogP contribution in [-0.2, 0) is 0 Å². The van der Waals surface area contributed by atoms with E-state index in [1.807, 2.05) is 12.3 Å². The van der Waals surface area contributed by atoms with Gasteiger partial charge in [-0.15, -0.1) is 0 Å². The number of rotatable bonds is 4. The maximum Gasteiger partial charge on any atom is 0.0780 e. The molecule has 0 unspecified atom stereocenters. The normalized spacial score (nSPS) is 11.2. The van der Waals surface area contributed by atoms with E-state index >= 15 is 0 Å². The Balaban J connectivity index is 1.27. The molecule has 0 atom stereocenters. The van der Waals surface area contributed by atoms with Crippen LogP contribution >= 0.6 is 0 Å². The molecule has 0 aliphatic carbocycles. The van der Waals surface area contributed by atoms with E-state index in [2.05, 4.69) is 188 Å². The highest BCUT2D eigenvalue weighted by Gasteiger charge is 2.18. The van der Waals surface area contributed by atoms with Crippen molar-refractivity contribution in [2.75, 3.05) is 0 Å². The number of pyridine rings is 1. The SMILES string of the molecule is Cc1cccc(-c2cccc3cccnc23)c1C#Cc1c(C)cccc1-n1c2ccc(-c3ccccc3)cc2c2cc(-c3ccccc3)ccc21. The third-order valence-electron chi connectivity index (χ3n) is 9.98. The molecule has 0 amide bonds. The summed E-state index contributed by atoms with van der Waals surface area (Å²) >= 11 is 0. The van der Waals surface area contributed by atoms with Crippen LogP contribution in [0.3, 0.4) is 0 Å². The molecule has 9 rings (SSSR count). The minimum atomic E-state index is 0.986. The van der Waals surface area contributed by atoms with Gasteiger partial charge < -0.3 is 4.57 Å². The predicted octanol–water partition coefficient (Wildman–Crippen LogP) is 12.3. The lowest BCUT2D eigenvalue weighted by molar-refractivity contribution is 1.16. The summed E-state index contributed by atoms with van der Waals surface area (Å²) in [5.74, 6) is 7.37. The van der Waals surface area contributed by atoms with Crippen LogP contribution in [0.2, 0.25) is 0 Å². The minimum Gasteiger partial charge on any atom is -0.308 e. The van der Waals surface area contributed by atoms with Crippen molar-refractivity contribution in [2.45, 2.75) is 13.8 Å². The van der Waals surface area contributed by atoms with Gasteiger partial charge in [-0.25, -0.2) is 0 Å². The van der Waals surface area contributed by atoms with E-state index in [-0.39, 0.29) is 0 Å². The molecule has 0 spiro atoms. The number of aromatic nitrogens is 2. The number of hydrogen-bond donors (Lipinski definition) is 0. The molecule has 0 fully saturated rings. The third kappa shape index (κ3) is 5.37. The van der Waals surface area contributed by atoms with Gasteiger partial charge in [-0.3, -0.25) is 4.98 Å². The van der Waals surface area contributed by atoms with Crippen molar-refractivity contribution in [1.29, 1.82) is 0 Å². The third-order valence-corrected chi connectivity index (χ3v) is 9.98. The first-order chi connectivity index (χ1) is 25.1. The molecular formula is C49H34N2. The zero-order chi connectivity index (χ0) is 34.3. The van der Waals surface area contributed by atoms with Crippen LogP contribution < -0.4 is 0 Å². The average molecular weight is 651 g/mol. The molecule has 9 aromatic rings. The Hall–Kier alpha value is -6.69. The highest BCUT2D eigenvalue weighted by Crippen LogP contribution is 2.38. The summed E-state index contributed by atoms with van der Waals surface area (Å²) in [7, 11) is 0. The second-order valence-corrected chi connectivity index (χ2v) is 13.1. The topological polar surface area (TPSA) is 17.8 Å². The zero-order valence-electron chi connectivity index (χ0n) is 28.6.